The van der Waals surface area contributed by atoms with Crippen LogP contribution in [0, 0.1) is 13.8 Å². The molecule has 0 saturated carbocycles. The average molecular weight is 214 g/mol. The van der Waals surface area contributed by atoms with Gasteiger partial charge in [0.2, 0.25) is 0 Å². The number of hydrogen-bond acceptors (Lipinski definition) is 0. The first-order chi connectivity index (χ1) is 4.22. The lowest BCUT2D eigenvalue weighted by molar-refractivity contribution is 1.34. The predicted octanol–water partition coefficient (Wildman–Crippen LogP) is 3.80. The standard InChI is InChI=1S/C8H9Cl.2ClH/c1-6-4-3-5-8(9)7(6)2;;/h3-5H,1-2H3;2*1H. The summed E-state index contributed by atoms with van der Waals surface area (Å²) in [5, 5.41) is 0.856. The highest BCUT2D eigenvalue weighted by atomic mass is 35.5. The maximum Gasteiger partial charge on any atom is 0.0437 e. The van der Waals surface area contributed by atoms with Gasteiger partial charge in [-0.1, -0.05) is 23.7 Å². The summed E-state index contributed by atoms with van der Waals surface area (Å²) in [6.45, 7) is 4.08. The van der Waals surface area contributed by atoms with E-state index in [0.29, 0.717) is 0 Å². The molecule has 0 bridgehead atoms. The smallest absolute Gasteiger partial charge is 0.0437 e. The molecule has 0 heterocycles. The van der Waals surface area contributed by atoms with E-state index in [4.69, 9.17) is 11.6 Å². The zero-order chi connectivity index (χ0) is 6.85. The molecule has 1 aromatic carbocycles. The zero-order valence-corrected chi connectivity index (χ0v) is 8.82. The summed E-state index contributed by atoms with van der Waals surface area (Å²) in [5.74, 6) is 0. The Labute approximate surface area is 84.8 Å². The number of rotatable bonds is 0. The quantitative estimate of drug-likeness (QED) is 0.615. The molecule has 0 nitrogen and oxygen atoms in total. The van der Waals surface area contributed by atoms with Gasteiger partial charge in [0.25, 0.3) is 0 Å². The third-order valence-electron chi connectivity index (χ3n) is 1.54. The van der Waals surface area contributed by atoms with Crippen LogP contribution in [0.2, 0.25) is 5.02 Å². The molecule has 1 aromatic rings. The maximum atomic E-state index is 5.81. The Morgan fingerprint density at radius 3 is 2.00 bits per heavy atom. The van der Waals surface area contributed by atoms with Gasteiger partial charge in [0.1, 0.15) is 0 Å². The van der Waals surface area contributed by atoms with Crippen molar-refractivity contribution in [3.63, 3.8) is 0 Å². The summed E-state index contributed by atoms with van der Waals surface area (Å²) >= 11 is 5.81. The highest BCUT2D eigenvalue weighted by Gasteiger charge is 1.93. The molecular formula is C8H11Cl3. The van der Waals surface area contributed by atoms with Crippen LogP contribution in [0.5, 0.6) is 0 Å². The summed E-state index contributed by atoms with van der Waals surface area (Å²) in [5.41, 5.74) is 2.43. The molecule has 0 saturated heterocycles. The normalized spacial score (nSPS) is 7.91. The van der Waals surface area contributed by atoms with Gasteiger partial charge in [0.05, 0.1) is 0 Å². The Morgan fingerprint density at radius 1 is 1.09 bits per heavy atom. The van der Waals surface area contributed by atoms with Crippen molar-refractivity contribution < 1.29 is 0 Å². The number of aryl methyl sites for hydroxylation is 1. The van der Waals surface area contributed by atoms with Crippen molar-refractivity contribution >= 4 is 36.4 Å². The lowest BCUT2D eigenvalue weighted by atomic mass is 10.1. The van der Waals surface area contributed by atoms with Crippen LogP contribution < -0.4 is 0 Å². The van der Waals surface area contributed by atoms with Crippen LogP contribution >= 0.6 is 36.4 Å². The molecule has 0 aliphatic rings. The average Bonchev–Trinajstić information content (AvgIpc) is 1.83. The summed E-state index contributed by atoms with van der Waals surface area (Å²) in [6.07, 6.45) is 0. The highest BCUT2D eigenvalue weighted by molar-refractivity contribution is 6.31. The minimum absolute atomic E-state index is 0. The van der Waals surface area contributed by atoms with Crippen LogP contribution in [0.15, 0.2) is 18.2 Å². The second kappa shape index (κ2) is 5.70. The second-order valence-electron chi connectivity index (χ2n) is 2.18. The number of halogens is 3. The third kappa shape index (κ3) is 3.33. The van der Waals surface area contributed by atoms with Crippen LogP contribution in [0.3, 0.4) is 0 Å². The van der Waals surface area contributed by atoms with E-state index < -0.39 is 0 Å². The molecule has 0 aliphatic carbocycles. The van der Waals surface area contributed by atoms with E-state index in [-0.39, 0.29) is 24.8 Å². The van der Waals surface area contributed by atoms with Gasteiger partial charge >= 0.3 is 0 Å². The topological polar surface area (TPSA) is 0 Å². The van der Waals surface area contributed by atoms with E-state index in [1.807, 2.05) is 19.1 Å². The van der Waals surface area contributed by atoms with Crippen molar-refractivity contribution in [2.75, 3.05) is 0 Å². The van der Waals surface area contributed by atoms with Crippen LogP contribution in [0.25, 0.3) is 0 Å². The van der Waals surface area contributed by atoms with Crippen molar-refractivity contribution in [1.82, 2.24) is 0 Å². The fourth-order valence-electron chi connectivity index (χ4n) is 0.715. The van der Waals surface area contributed by atoms with Crippen LogP contribution in [-0.4, -0.2) is 0 Å². The molecule has 0 atom stereocenters. The van der Waals surface area contributed by atoms with E-state index in [1.165, 1.54) is 11.1 Å². The number of hydrogen-bond donors (Lipinski definition) is 0. The fraction of sp³-hybridized carbons (Fsp3) is 0.250. The van der Waals surface area contributed by atoms with Gasteiger partial charge in [0, 0.05) is 5.02 Å². The lowest BCUT2D eigenvalue weighted by Crippen LogP contribution is -1.78. The van der Waals surface area contributed by atoms with E-state index in [9.17, 15) is 0 Å². The first kappa shape index (κ1) is 13.7. The molecular weight excluding hydrogens is 202 g/mol. The zero-order valence-electron chi connectivity index (χ0n) is 6.43. The van der Waals surface area contributed by atoms with Crippen molar-refractivity contribution in [2.45, 2.75) is 13.8 Å². The Hall–Kier alpha value is 0.0900. The molecule has 64 valence electrons. The molecule has 11 heavy (non-hydrogen) atoms. The van der Waals surface area contributed by atoms with Gasteiger partial charge in [0.15, 0.2) is 0 Å². The van der Waals surface area contributed by atoms with Gasteiger partial charge in [-0.25, -0.2) is 0 Å². The molecule has 0 amide bonds. The van der Waals surface area contributed by atoms with E-state index in [1.54, 1.807) is 0 Å². The molecule has 0 aromatic heterocycles. The van der Waals surface area contributed by atoms with E-state index >= 15 is 0 Å². The molecule has 0 aliphatic heterocycles. The van der Waals surface area contributed by atoms with Crippen molar-refractivity contribution in [2.24, 2.45) is 0 Å². The lowest BCUT2D eigenvalue weighted by Gasteiger charge is -1.98. The fourth-order valence-corrected chi connectivity index (χ4v) is 0.937. The molecule has 0 radical (unpaired) electrons. The Bertz CT molecular complexity index is 200. The van der Waals surface area contributed by atoms with E-state index in [0.717, 1.165) is 5.02 Å². The van der Waals surface area contributed by atoms with Crippen molar-refractivity contribution in [1.29, 1.82) is 0 Å². The predicted molar refractivity (Wildman–Crippen MR) is 55.4 cm³/mol. The Balaban J connectivity index is 0. The Kier molecular flexibility index (Phi) is 7.09. The van der Waals surface area contributed by atoms with E-state index in [2.05, 4.69) is 13.0 Å². The van der Waals surface area contributed by atoms with Crippen LogP contribution in [0.4, 0.5) is 0 Å². The van der Waals surface area contributed by atoms with Crippen molar-refractivity contribution in [3.05, 3.63) is 34.3 Å². The second-order valence-corrected chi connectivity index (χ2v) is 2.59. The summed E-state index contributed by atoms with van der Waals surface area (Å²) in [7, 11) is 0. The molecule has 1 rings (SSSR count). The van der Waals surface area contributed by atoms with Gasteiger partial charge in [-0.15, -0.1) is 24.8 Å². The van der Waals surface area contributed by atoms with Crippen LogP contribution in [0.1, 0.15) is 11.1 Å². The SMILES string of the molecule is Cc1cccc(Cl)c1C.Cl.Cl. The van der Waals surface area contributed by atoms with Gasteiger partial charge < -0.3 is 0 Å². The molecule has 0 unspecified atom stereocenters. The molecule has 3 heteroatoms. The molecule has 0 spiro atoms. The Morgan fingerprint density at radius 2 is 1.64 bits per heavy atom. The minimum Gasteiger partial charge on any atom is -0.147 e. The van der Waals surface area contributed by atoms with Crippen molar-refractivity contribution in [3.8, 4) is 0 Å². The molecule has 0 fully saturated rings. The first-order valence-electron chi connectivity index (χ1n) is 2.93. The first-order valence-corrected chi connectivity index (χ1v) is 3.31. The molecule has 0 N–H and O–H groups in total. The maximum absolute atomic E-state index is 5.81. The van der Waals surface area contributed by atoms with Gasteiger partial charge in [-0.3, -0.25) is 0 Å². The monoisotopic (exact) mass is 212 g/mol. The van der Waals surface area contributed by atoms with Gasteiger partial charge in [-0.2, -0.15) is 0 Å². The number of benzene rings is 1. The van der Waals surface area contributed by atoms with Crippen LogP contribution in [-0.2, 0) is 0 Å². The minimum atomic E-state index is 0. The summed E-state index contributed by atoms with van der Waals surface area (Å²) in [6, 6.07) is 5.93. The summed E-state index contributed by atoms with van der Waals surface area (Å²) in [4.78, 5) is 0. The third-order valence-corrected chi connectivity index (χ3v) is 1.95. The summed E-state index contributed by atoms with van der Waals surface area (Å²) < 4.78 is 0. The highest BCUT2D eigenvalue weighted by Crippen LogP contribution is 2.16. The largest absolute Gasteiger partial charge is 0.147 e. The van der Waals surface area contributed by atoms with Gasteiger partial charge in [-0.05, 0) is 31.0 Å².